The van der Waals surface area contributed by atoms with E-state index in [1.165, 1.54) is 89.0 Å². The molecule has 2 unspecified atom stereocenters. The van der Waals surface area contributed by atoms with Crippen molar-refractivity contribution in [2.45, 2.75) is 122 Å². The topological polar surface area (TPSA) is 49.3 Å². The number of benzene rings is 2. The van der Waals surface area contributed by atoms with Gasteiger partial charge in [-0.3, -0.25) is 4.79 Å². The molecular weight excluding hydrogens is 442 g/mol. The van der Waals surface area contributed by atoms with Crippen LogP contribution in [0.5, 0.6) is 0 Å². The van der Waals surface area contributed by atoms with Gasteiger partial charge in [-0.25, -0.2) is 0 Å². The van der Waals surface area contributed by atoms with E-state index >= 15 is 0 Å². The first-order chi connectivity index (χ1) is 17.6. The van der Waals surface area contributed by atoms with Gasteiger partial charge >= 0.3 is 0 Å². The summed E-state index contributed by atoms with van der Waals surface area (Å²) >= 11 is 0. The van der Waals surface area contributed by atoms with Gasteiger partial charge in [-0.15, -0.1) is 0 Å². The van der Waals surface area contributed by atoms with Crippen LogP contribution in [0.15, 0.2) is 54.6 Å². The Morgan fingerprint density at radius 3 is 1.83 bits per heavy atom. The summed E-state index contributed by atoms with van der Waals surface area (Å²) in [4.78, 5) is 12.6. The monoisotopic (exact) mass is 493 g/mol. The fourth-order valence-corrected chi connectivity index (χ4v) is 4.81. The van der Waals surface area contributed by atoms with E-state index < -0.39 is 6.10 Å². The van der Waals surface area contributed by atoms with Crippen molar-refractivity contribution in [1.29, 1.82) is 0 Å². The fraction of sp³-hybridized carbons (Fsp3) is 0.606. The molecule has 0 radical (unpaired) electrons. The molecule has 0 heterocycles. The second kappa shape index (κ2) is 19.2. The van der Waals surface area contributed by atoms with Crippen molar-refractivity contribution >= 4 is 5.78 Å². The molecule has 0 spiro atoms. The van der Waals surface area contributed by atoms with Gasteiger partial charge in [0.15, 0.2) is 5.78 Å². The lowest BCUT2D eigenvalue weighted by Gasteiger charge is -2.20. The molecule has 0 aliphatic heterocycles. The summed E-state index contributed by atoms with van der Waals surface area (Å²) < 4.78 is 0. The zero-order chi connectivity index (χ0) is 25.8. The summed E-state index contributed by atoms with van der Waals surface area (Å²) in [6.45, 7) is 4.79. The largest absolute Gasteiger partial charge is 0.387 e. The average Bonchev–Trinajstić information content (AvgIpc) is 2.91. The first kappa shape index (κ1) is 30.3. The van der Waals surface area contributed by atoms with Crippen molar-refractivity contribution in [3.05, 3.63) is 71.3 Å². The van der Waals surface area contributed by atoms with Gasteiger partial charge in [0.1, 0.15) is 0 Å². The molecule has 0 aromatic heterocycles. The van der Waals surface area contributed by atoms with Gasteiger partial charge in [-0.1, -0.05) is 139 Å². The van der Waals surface area contributed by atoms with Crippen LogP contribution in [0.3, 0.4) is 0 Å². The molecule has 3 heteroatoms. The number of ketones is 1. The number of aliphatic hydroxyl groups is 1. The van der Waals surface area contributed by atoms with E-state index in [4.69, 9.17) is 0 Å². The van der Waals surface area contributed by atoms with E-state index in [1.807, 2.05) is 49.4 Å². The molecule has 0 fully saturated rings. The maximum atomic E-state index is 12.6. The highest BCUT2D eigenvalue weighted by atomic mass is 16.3. The number of carbonyl (C=O) groups is 1. The minimum absolute atomic E-state index is 0.108. The Bertz CT molecular complexity index is 802. The first-order valence-electron chi connectivity index (χ1n) is 14.7. The zero-order valence-corrected chi connectivity index (χ0v) is 23.0. The number of hydrogen-bond donors (Lipinski definition) is 2. The normalized spacial score (nSPS) is 13.0. The number of carbonyl (C=O) groups excluding carboxylic acids is 1. The molecule has 2 aromatic carbocycles. The number of Topliss-reactive ketones (excluding diaryl/α,β-unsaturated/α-hetero) is 1. The molecule has 0 saturated carbocycles. The summed E-state index contributed by atoms with van der Waals surface area (Å²) in [6, 6.07) is 17.7. The number of unbranched alkanes of at least 4 members (excludes halogenated alkanes) is 12. The van der Waals surface area contributed by atoms with Crippen LogP contribution in [0.25, 0.3) is 0 Å². The molecular formula is C33H51NO2. The van der Waals surface area contributed by atoms with Crippen molar-refractivity contribution in [3.63, 3.8) is 0 Å². The van der Waals surface area contributed by atoms with Gasteiger partial charge in [-0.2, -0.15) is 0 Å². The minimum Gasteiger partial charge on any atom is -0.387 e. The molecule has 0 aliphatic carbocycles. The van der Waals surface area contributed by atoms with Gasteiger partial charge in [0.25, 0.3) is 0 Å². The number of aliphatic hydroxyl groups excluding tert-OH is 1. The lowest BCUT2D eigenvalue weighted by atomic mass is 10.0. The summed E-state index contributed by atoms with van der Waals surface area (Å²) in [6.07, 6.45) is 18.9. The molecule has 0 bridgehead atoms. The lowest BCUT2D eigenvalue weighted by Crippen LogP contribution is -2.33. The third-order valence-electron chi connectivity index (χ3n) is 7.28. The number of aryl methyl sites for hydroxylation is 1. The summed E-state index contributed by atoms with van der Waals surface area (Å²) in [5.74, 6) is 0.149. The second-order valence-electron chi connectivity index (χ2n) is 10.5. The van der Waals surface area contributed by atoms with Crippen molar-refractivity contribution in [1.82, 2.24) is 5.32 Å². The van der Waals surface area contributed by atoms with E-state index in [1.54, 1.807) is 0 Å². The predicted molar refractivity (Wildman–Crippen MR) is 154 cm³/mol. The van der Waals surface area contributed by atoms with Crippen molar-refractivity contribution in [2.24, 2.45) is 0 Å². The third-order valence-corrected chi connectivity index (χ3v) is 7.28. The van der Waals surface area contributed by atoms with Gasteiger partial charge in [-0.05, 0) is 30.9 Å². The molecule has 36 heavy (non-hydrogen) atoms. The van der Waals surface area contributed by atoms with Crippen LogP contribution in [0.2, 0.25) is 0 Å². The van der Waals surface area contributed by atoms with Gasteiger partial charge in [0.05, 0.1) is 6.10 Å². The van der Waals surface area contributed by atoms with E-state index in [2.05, 4.69) is 24.4 Å². The second-order valence-corrected chi connectivity index (χ2v) is 10.5. The van der Waals surface area contributed by atoms with Crippen LogP contribution in [-0.4, -0.2) is 23.5 Å². The molecule has 2 atom stereocenters. The van der Waals surface area contributed by atoms with Crippen LogP contribution in [0, 0.1) is 0 Å². The minimum atomic E-state index is -0.578. The van der Waals surface area contributed by atoms with Gasteiger partial charge in [0.2, 0.25) is 0 Å². The molecule has 3 nitrogen and oxygen atoms in total. The average molecular weight is 494 g/mol. The molecule has 2 aromatic rings. The molecule has 0 aliphatic rings. The summed E-state index contributed by atoms with van der Waals surface area (Å²) in [7, 11) is 0. The molecule has 0 saturated heterocycles. The third kappa shape index (κ3) is 12.8. The van der Waals surface area contributed by atoms with Crippen LogP contribution in [-0.2, 0) is 6.42 Å². The Morgan fingerprint density at radius 1 is 0.750 bits per heavy atom. The lowest BCUT2D eigenvalue weighted by molar-refractivity contribution is 0.0972. The SMILES string of the molecule is CCCCCCCCCCCCCCCc1ccc(C(=O)CCNC(C)C(O)c2ccccc2)cc1. The van der Waals surface area contributed by atoms with Crippen LogP contribution in [0.4, 0.5) is 0 Å². The Labute approximate surface area is 221 Å². The standard InChI is InChI=1S/C33H51NO2/c1-3-4-5-6-7-8-9-10-11-12-13-14-16-19-29-22-24-30(25-23-29)32(35)26-27-34-28(2)33(36)31-20-17-15-18-21-31/h15,17-18,20-25,28,33-34,36H,3-14,16,19,26-27H2,1-2H3. The zero-order valence-electron chi connectivity index (χ0n) is 23.0. The van der Waals surface area contributed by atoms with Crippen molar-refractivity contribution < 1.29 is 9.90 Å². The van der Waals surface area contributed by atoms with E-state index in [0.717, 1.165) is 17.5 Å². The van der Waals surface area contributed by atoms with Gasteiger partial charge in [0, 0.05) is 24.6 Å². The molecule has 2 rings (SSSR count). The van der Waals surface area contributed by atoms with Crippen LogP contribution in [0.1, 0.15) is 131 Å². The maximum Gasteiger partial charge on any atom is 0.164 e. The number of nitrogens with one attached hydrogen (secondary N) is 1. The van der Waals surface area contributed by atoms with Gasteiger partial charge < -0.3 is 10.4 Å². The highest BCUT2D eigenvalue weighted by Crippen LogP contribution is 2.17. The molecule has 2 N–H and O–H groups in total. The van der Waals surface area contributed by atoms with Crippen molar-refractivity contribution in [3.8, 4) is 0 Å². The summed E-state index contributed by atoms with van der Waals surface area (Å²) in [5.41, 5.74) is 3.00. The highest BCUT2D eigenvalue weighted by Gasteiger charge is 2.16. The Balaban J connectivity index is 1.50. The van der Waals surface area contributed by atoms with Crippen LogP contribution >= 0.6 is 0 Å². The van der Waals surface area contributed by atoms with Crippen LogP contribution < -0.4 is 5.32 Å². The fourth-order valence-electron chi connectivity index (χ4n) is 4.81. The van der Waals surface area contributed by atoms with E-state index in [-0.39, 0.29) is 11.8 Å². The Kier molecular flexibility index (Phi) is 16.1. The molecule has 0 amide bonds. The maximum absolute atomic E-state index is 12.6. The predicted octanol–water partition coefficient (Wildman–Crippen LogP) is 8.60. The summed E-state index contributed by atoms with van der Waals surface area (Å²) in [5, 5.41) is 13.7. The molecule has 200 valence electrons. The number of hydrogen-bond acceptors (Lipinski definition) is 3. The Hall–Kier alpha value is -1.97. The van der Waals surface area contributed by atoms with Crippen molar-refractivity contribution in [2.75, 3.05) is 6.54 Å². The van der Waals surface area contributed by atoms with E-state index in [0.29, 0.717) is 13.0 Å². The first-order valence-corrected chi connectivity index (χ1v) is 14.7. The number of rotatable bonds is 21. The Morgan fingerprint density at radius 2 is 1.28 bits per heavy atom. The van der Waals surface area contributed by atoms with E-state index in [9.17, 15) is 9.90 Å². The smallest absolute Gasteiger partial charge is 0.164 e. The highest BCUT2D eigenvalue weighted by molar-refractivity contribution is 5.96. The quantitative estimate of drug-likeness (QED) is 0.135.